The number of pyridine rings is 1. The molecule has 1 saturated heterocycles. The first-order valence-corrected chi connectivity index (χ1v) is 11.3. The average Bonchev–Trinajstić information content (AvgIpc) is 3.35. The lowest BCUT2D eigenvalue weighted by Crippen LogP contribution is -2.35. The van der Waals surface area contributed by atoms with Gasteiger partial charge >= 0.3 is 6.18 Å². The van der Waals surface area contributed by atoms with E-state index in [4.69, 9.17) is 4.52 Å². The molecule has 1 unspecified atom stereocenters. The van der Waals surface area contributed by atoms with Gasteiger partial charge in [-0.3, -0.25) is 4.79 Å². The summed E-state index contributed by atoms with van der Waals surface area (Å²) in [4.78, 5) is 25.1. The van der Waals surface area contributed by atoms with E-state index in [0.29, 0.717) is 6.07 Å². The lowest BCUT2D eigenvalue weighted by molar-refractivity contribution is -0.144. The van der Waals surface area contributed by atoms with Gasteiger partial charge in [0, 0.05) is 38.5 Å². The molecule has 3 aromatic rings. The Morgan fingerprint density at radius 3 is 2.36 bits per heavy atom. The summed E-state index contributed by atoms with van der Waals surface area (Å²) in [6.07, 6.45) is -2.80. The molecule has 33 heavy (non-hydrogen) atoms. The van der Waals surface area contributed by atoms with Crippen molar-refractivity contribution in [1.82, 2.24) is 25.0 Å². The van der Waals surface area contributed by atoms with Crippen molar-refractivity contribution in [3.63, 3.8) is 0 Å². The highest BCUT2D eigenvalue weighted by molar-refractivity contribution is 7.90. The van der Waals surface area contributed by atoms with Crippen LogP contribution in [0, 0.1) is 0 Å². The topological polar surface area (TPSA) is 139 Å². The van der Waals surface area contributed by atoms with Crippen LogP contribution in [-0.4, -0.2) is 64.3 Å². The molecular formula is C19H16F3N5O5S. The quantitative estimate of drug-likeness (QED) is 0.549. The SMILES string of the molecule is CN1CCC(O)(c2cc(-c3cc(C(F)(F)F)cc(-c4ccnc(S(C)(=O)=O)n4)n3)no2)C1=O. The highest BCUT2D eigenvalue weighted by atomic mass is 32.2. The largest absolute Gasteiger partial charge is 0.416 e. The number of carbonyl (C=O) groups is 1. The second kappa shape index (κ2) is 7.59. The van der Waals surface area contributed by atoms with Crippen LogP contribution < -0.4 is 0 Å². The molecule has 0 bridgehead atoms. The molecule has 0 radical (unpaired) electrons. The van der Waals surface area contributed by atoms with Crippen molar-refractivity contribution in [3.8, 4) is 22.8 Å². The highest BCUT2D eigenvalue weighted by Crippen LogP contribution is 2.37. The first kappa shape index (κ1) is 22.8. The van der Waals surface area contributed by atoms with Gasteiger partial charge in [0.1, 0.15) is 5.69 Å². The van der Waals surface area contributed by atoms with E-state index in [9.17, 15) is 31.5 Å². The Kier molecular flexibility index (Phi) is 5.24. The zero-order chi connectivity index (χ0) is 24.2. The highest BCUT2D eigenvalue weighted by Gasteiger charge is 2.48. The first-order valence-electron chi connectivity index (χ1n) is 9.37. The molecule has 4 heterocycles. The van der Waals surface area contributed by atoms with Gasteiger partial charge in [0.05, 0.1) is 22.6 Å². The molecule has 10 nitrogen and oxygen atoms in total. The van der Waals surface area contributed by atoms with E-state index in [0.717, 1.165) is 24.6 Å². The number of likely N-dealkylation sites (tertiary alicyclic amines) is 1. The fourth-order valence-electron chi connectivity index (χ4n) is 3.29. The van der Waals surface area contributed by atoms with Gasteiger partial charge < -0.3 is 14.5 Å². The van der Waals surface area contributed by atoms with E-state index >= 15 is 0 Å². The summed E-state index contributed by atoms with van der Waals surface area (Å²) in [5, 5.41) is 13.8. The van der Waals surface area contributed by atoms with Gasteiger partial charge in [-0.2, -0.15) is 13.2 Å². The summed E-state index contributed by atoms with van der Waals surface area (Å²) in [6, 6.07) is 3.79. The summed E-state index contributed by atoms with van der Waals surface area (Å²) in [5.41, 5.74) is -3.97. The minimum atomic E-state index is -4.77. The number of aliphatic hydroxyl groups is 1. The van der Waals surface area contributed by atoms with E-state index in [-0.39, 0.29) is 41.5 Å². The Labute approximate surface area is 185 Å². The van der Waals surface area contributed by atoms with Crippen LogP contribution in [0.2, 0.25) is 0 Å². The summed E-state index contributed by atoms with van der Waals surface area (Å²) >= 11 is 0. The van der Waals surface area contributed by atoms with E-state index in [2.05, 4.69) is 20.1 Å². The average molecular weight is 483 g/mol. The molecule has 1 amide bonds. The van der Waals surface area contributed by atoms with Crippen LogP contribution >= 0.6 is 0 Å². The lowest BCUT2D eigenvalue weighted by atomic mass is 9.98. The smallest absolute Gasteiger partial charge is 0.373 e. The number of hydrogen-bond donors (Lipinski definition) is 1. The predicted molar refractivity (Wildman–Crippen MR) is 105 cm³/mol. The number of likely N-dealkylation sites (N-methyl/N-ethyl adjacent to an activating group) is 1. The van der Waals surface area contributed by atoms with Crippen molar-refractivity contribution in [3.05, 3.63) is 41.8 Å². The van der Waals surface area contributed by atoms with E-state index in [1.54, 1.807) is 0 Å². The Bertz CT molecular complexity index is 1360. The van der Waals surface area contributed by atoms with Gasteiger partial charge in [0.2, 0.25) is 20.6 Å². The Balaban J connectivity index is 1.83. The third kappa shape index (κ3) is 4.18. The maximum absolute atomic E-state index is 13.6. The van der Waals surface area contributed by atoms with Crippen LogP contribution in [0.1, 0.15) is 17.7 Å². The second-order valence-corrected chi connectivity index (χ2v) is 9.44. The van der Waals surface area contributed by atoms with Crippen molar-refractivity contribution in [2.45, 2.75) is 23.4 Å². The molecule has 1 aliphatic rings. The molecule has 1 aliphatic heterocycles. The zero-order valence-corrected chi connectivity index (χ0v) is 18.0. The number of sulfone groups is 1. The third-order valence-corrected chi connectivity index (χ3v) is 5.93. The minimum absolute atomic E-state index is 0.0213. The van der Waals surface area contributed by atoms with Crippen LogP contribution in [0.15, 0.2) is 40.1 Å². The van der Waals surface area contributed by atoms with E-state index in [1.807, 2.05) is 0 Å². The van der Waals surface area contributed by atoms with Crippen LogP contribution in [0.4, 0.5) is 13.2 Å². The number of carbonyl (C=O) groups excluding carboxylic acids is 1. The summed E-state index contributed by atoms with van der Waals surface area (Å²) in [7, 11) is -2.33. The molecule has 1 N–H and O–H groups in total. The number of hydrogen-bond acceptors (Lipinski definition) is 9. The summed E-state index contributed by atoms with van der Waals surface area (Å²) in [5.74, 6) is -0.855. The molecule has 14 heteroatoms. The van der Waals surface area contributed by atoms with Gasteiger partial charge in [-0.15, -0.1) is 0 Å². The molecule has 3 aromatic heterocycles. The van der Waals surface area contributed by atoms with Gasteiger partial charge in [-0.1, -0.05) is 5.16 Å². The number of aromatic nitrogens is 4. The second-order valence-electron chi connectivity index (χ2n) is 7.53. The van der Waals surface area contributed by atoms with Crippen molar-refractivity contribution < 1.29 is 36.0 Å². The molecule has 0 aromatic carbocycles. The van der Waals surface area contributed by atoms with Crippen molar-refractivity contribution in [2.24, 2.45) is 0 Å². The number of halogens is 3. The Morgan fingerprint density at radius 1 is 1.12 bits per heavy atom. The van der Waals surface area contributed by atoms with Crippen LogP contribution in [0.5, 0.6) is 0 Å². The first-order chi connectivity index (χ1) is 15.3. The molecule has 0 aliphatic carbocycles. The molecule has 0 spiro atoms. The zero-order valence-electron chi connectivity index (χ0n) is 17.2. The van der Waals surface area contributed by atoms with Gasteiger partial charge in [0.25, 0.3) is 5.91 Å². The monoisotopic (exact) mass is 483 g/mol. The van der Waals surface area contributed by atoms with Crippen LogP contribution in [-0.2, 0) is 26.4 Å². The summed E-state index contributed by atoms with van der Waals surface area (Å²) in [6.45, 7) is 0.258. The van der Waals surface area contributed by atoms with Crippen molar-refractivity contribution in [2.75, 3.05) is 19.8 Å². The molecule has 1 fully saturated rings. The Hall–Kier alpha value is -3.39. The standard InChI is InChI=1S/C19H16F3N5O5S/c1-27-6-4-18(29,16(27)28)15-9-14(26-32-15)13-8-10(19(20,21)22)7-12(24-13)11-3-5-23-17(25-11)33(2,30)31/h3,5,7-9,29H,4,6H2,1-2H3. The van der Waals surface area contributed by atoms with Gasteiger partial charge in [-0.25, -0.2) is 23.4 Å². The van der Waals surface area contributed by atoms with Crippen LogP contribution in [0.25, 0.3) is 22.8 Å². The number of nitrogens with zero attached hydrogens (tertiary/aromatic N) is 5. The Morgan fingerprint density at radius 2 is 1.79 bits per heavy atom. The van der Waals surface area contributed by atoms with Gasteiger partial charge in [0.15, 0.2) is 5.76 Å². The molecule has 0 saturated carbocycles. The third-order valence-electron chi connectivity index (χ3n) is 5.07. The van der Waals surface area contributed by atoms with E-state index < -0.39 is 38.2 Å². The molecule has 1 atom stereocenters. The molecule has 4 rings (SSSR count). The number of alkyl halides is 3. The van der Waals surface area contributed by atoms with Crippen molar-refractivity contribution >= 4 is 15.7 Å². The molecule has 174 valence electrons. The fourth-order valence-corrected chi connectivity index (χ4v) is 3.81. The normalized spacial score (nSPS) is 19.3. The molecular weight excluding hydrogens is 467 g/mol. The lowest BCUT2D eigenvalue weighted by Gasteiger charge is -2.16. The van der Waals surface area contributed by atoms with E-state index in [1.165, 1.54) is 18.0 Å². The number of amides is 1. The maximum Gasteiger partial charge on any atom is 0.416 e. The minimum Gasteiger partial charge on any atom is -0.373 e. The van der Waals surface area contributed by atoms with Crippen LogP contribution in [0.3, 0.4) is 0 Å². The fraction of sp³-hybridized carbons (Fsp3) is 0.316. The predicted octanol–water partition coefficient (Wildman–Crippen LogP) is 1.67. The van der Waals surface area contributed by atoms with Gasteiger partial charge in [-0.05, 0) is 18.2 Å². The maximum atomic E-state index is 13.6. The number of rotatable bonds is 4. The van der Waals surface area contributed by atoms with Crippen molar-refractivity contribution in [1.29, 1.82) is 0 Å². The summed E-state index contributed by atoms with van der Waals surface area (Å²) < 4.78 is 69.3.